The number of rotatable bonds is 7. The fourth-order valence-electron chi connectivity index (χ4n) is 1.86. The third-order valence-electron chi connectivity index (χ3n) is 3.01. The monoisotopic (exact) mass is 255 g/mol. The summed E-state index contributed by atoms with van der Waals surface area (Å²) in [6.07, 6.45) is 3.52. The molecule has 96 valence electrons. The van der Waals surface area contributed by atoms with Gasteiger partial charge in [0, 0.05) is 12.5 Å². The first-order valence-electron chi connectivity index (χ1n) is 6.29. The molecule has 17 heavy (non-hydrogen) atoms. The van der Waals surface area contributed by atoms with Gasteiger partial charge in [-0.05, 0) is 31.1 Å². The van der Waals surface area contributed by atoms with Crippen LogP contribution in [0.1, 0.15) is 38.4 Å². The predicted molar refractivity (Wildman–Crippen MR) is 70.0 cm³/mol. The normalized spacial score (nSPS) is 17.6. The molecule has 0 aromatic carbocycles. The first-order valence-corrected chi connectivity index (χ1v) is 7.34. The molecule has 1 heterocycles. The molecule has 1 fully saturated rings. The molecule has 0 radical (unpaired) electrons. The van der Waals surface area contributed by atoms with E-state index in [-0.39, 0.29) is 0 Å². The van der Waals surface area contributed by atoms with Crippen molar-refractivity contribution in [2.75, 3.05) is 7.05 Å². The molecule has 2 rings (SSSR count). The molecule has 5 heteroatoms. The van der Waals surface area contributed by atoms with Gasteiger partial charge in [-0.1, -0.05) is 19.0 Å². The van der Waals surface area contributed by atoms with Crippen LogP contribution in [0.3, 0.4) is 0 Å². The number of aromatic nitrogens is 2. The second-order valence-electron chi connectivity index (χ2n) is 4.90. The Morgan fingerprint density at radius 2 is 2.24 bits per heavy atom. The molecule has 1 aliphatic rings. The van der Waals surface area contributed by atoms with Gasteiger partial charge < -0.3 is 9.84 Å². The van der Waals surface area contributed by atoms with Crippen LogP contribution in [0.4, 0.5) is 0 Å². The number of likely N-dealkylation sites (N-methyl/N-ethyl adjacent to an activating group) is 1. The van der Waals surface area contributed by atoms with Crippen molar-refractivity contribution < 1.29 is 4.52 Å². The molecular formula is C12H21N3OS. The van der Waals surface area contributed by atoms with Crippen molar-refractivity contribution in [1.82, 2.24) is 15.5 Å². The summed E-state index contributed by atoms with van der Waals surface area (Å²) >= 11 is 1.84. The lowest BCUT2D eigenvalue weighted by atomic mass is 10.1. The summed E-state index contributed by atoms with van der Waals surface area (Å²) in [5, 5.41) is 7.96. The molecule has 1 aromatic heterocycles. The van der Waals surface area contributed by atoms with Gasteiger partial charge in [0.15, 0.2) is 5.82 Å². The predicted octanol–water partition coefficient (Wildman–Crippen LogP) is 2.25. The number of nitrogens with one attached hydrogen (secondary N) is 1. The highest BCUT2D eigenvalue weighted by molar-refractivity contribution is 7.99. The van der Waals surface area contributed by atoms with Crippen molar-refractivity contribution in [1.29, 1.82) is 0 Å². The molecule has 0 aliphatic heterocycles. The number of hydrogen-bond donors (Lipinski definition) is 1. The summed E-state index contributed by atoms with van der Waals surface area (Å²) in [6, 6.07) is 0.501. The standard InChI is InChI=1S/C12H21N3OS/c1-8(2)17-7-11-14-12(16-15-11)6-10(13-3)9-4-5-9/h8-10,13H,4-7H2,1-3H3. The van der Waals surface area contributed by atoms with Crippen LogP contribution in [0.2, 0.25) is 0 Å². The summed E-state index contributed by atoms with van der Waals surface area (Å²) in [5.41, 5.74) is 0. The molecule has 1 saturated carbocycles. The molecular weight excluding hydrogens is 234 g/mol. The summed E-state index contributed by atoms with van der Waals surface area (Å²) in [6.45, 7) is 4.35. The minimum atomic E-state index is 0.501. The Morgan fingerprint density at radius 3 is 2.82 bits per heavy atom. The van der Waals surface area contributed by atoms with Crippen LogP contribution in [0.25, 0.3) is 0 Å². The van der Waals surface area contributed by atoms with E-state index in [1.165, 1.54) is 12.8 Å². The van der Waals surface area contributed by atoms with Crippen LogP contribution >= 0.6 is 11.8 Å². The maximum Gasteiger partial charge on any atom is 0.228 e. The summed E-state index contributed by atoms with van der Waals surface area (Å²) in [5.74, 6) is 3.25. The van der Waals surface area contributed by atoms with Crippen LogP contribution in [-0.2, 0) is 12.2 Å². The van der Waals surface area contributed by atoms with Crippen LogP contribution < -0.4 is 5.32 Å². The fraction of sp³-hybridized carbons (Fsp3) is 0.833. The quantitative estimate of drug-likeness (QED) is 0.810. The van der Waals surface area contributed by atoms with Crippen molar-refractivity contribution in [2.24, 2.45) is 5.92 Å². The van der Waals surface area contributed by atoms with E-state index in [1.54, 1.807) is 0 Å². The topological polar surface area (TPSA) is 51.0 Å². The second-order valence-corrected chi connectivity index (χ2v) is 6.47. The number of nitrogens with zero attached hydrogens (tertiary/aromatic N) is 2. The van der Waals surface area contributed by atoms with Gasteiger partial charge in [0.05, 0.1) is 5.75 Å². The minimum absolute atomic E-state index is 0.501. The van der Waals surface area contributed by atoms with Crippen molar-refractivity contribution in [3.63, 3.8) is 0 Å². The Morgan fingerprint density at radius 1 is 1.47 bits per heavy atom. The molecule has 1 N–H and O–H groups in total. The van der Waals surface area contributed by atoms with Gasteiger partial charge in [0.25, 0.3) is 0 Å². The minimum Gasteiger partial charge on any atom is -0.339 e. The van der Waals surface area contributed by atoms with E-state index in [0.717, 1.165) is 29.8 Å². The zero-order valence-corrected chi connectivity index (χ0v) is 11.6. The number of thioether (sulfide) groups is 1. The Labute approximate surface area is 107 Å². The molecule has 1 aliphatic carbocycles. The van der Waals surface area contributed by atoms with Gasteiger partial charge in [-0.3, -0.25) is 0 Å². The van der Waals surface area contributed by atoms with Gasteiger partial charge in [-0.2, -0.15) is 16.7 Å². The maximum atomic E-state index is 5.29. The zero-order valence-electron chi connectivity index (χ0n) is 10.8. The number of hydrogen-bond acceptors (Lipinski definition) is 5. The van der Waals surface area contributed by atoms with Gasteiger partial charge in [0.2, 0.25) is 5.89 Å². The Bertz CT molecular complexity index is 349. The van der Waals surface area contributed by atoms with Crippen LogP contribution in [0.5, 0.6) is 0 Å². The average Bonchev–Trinajstić information content (AvgIpc) is 3.04. The Hall–Kier alpha value is -0.550. The third kappa shape index (κ3) is 4.00. The van der Waals surface area contributed by atoms with E-state index in [4.69, 9.17) is 4.52 Å². The molecule has 1 aromatic rings. The molecule has 0 bridgehead atoms. The van der Waals surface area contributed by atoms with E-state index in [2.05, 4.69) is 29.3 Å². The third-order valence-corrected chi connectivity index (χ3v) is 4.10. The smallest absolute Gasteiger partial charge is 0.228 e. The van der Waals surface area contributed by atoms with Crippen LogP contribution in [-0.4, -0.2) is 28.5 Å². The Kier molecular flexibility index (Phi) is 4.45. The lowest BCUT2D eigenvalue weighted by Crippen LogP contribution is -2.29. The van der Waals surface area contributed by atoms with E-state index in [1.807, 2.05) is 18.8 Å². The van der Waals surface area contributed by atoms with Crippen molar-refractivity contribution in [3.8, 4) is 0 Å². The van der Waals surface area contributed by atoms with Crippen LogP contribution in [0, 0.1) is 5.92 Å². The highest BCUT2D eigenvalue weighted by Gasteiger charge is 2.31. The lowest BCUT2D eigenvalue weighted by Gasteiger charge is -2.11. The zero-order chi connectivity index (χ0) is 12.3. The van der Waals surface area contributed by atoms with E-state index < -0.39 is 0 Å². The van der Waals surface area contributed by atoms with Crippen LogP contribution in [0.15, 0.2) is 4.52 Å². The lowest BCUT2D eigenvalue weighted by molar-refractivity contribution is 0.349. The average molecular weight is 255 g/mol. The van der Waals surface area contributed by atoms with Crippen molar-refractivity contribution in [3.05, 3.63) is 11.7 Å². The highest BCUT2D eigenvalue weighted by atomic mass is 32.2. The van der Waals surface area contributed by atoms with Gasteiger partial charge in [0.1, 0.15) is 0 Å². The van der Waals surface area contributed by atoms with Gasteiger partial charge in [-0.15, -0.1) is 0 Å². The van der Waals surface area contributed by atoms with Crippen molar-refractivity contribution in [2.45, 2.75) is 50.2 Å². The molecule has 0 amide bonds. The first-order chi connectivity index (χ1) is 8.19. The summed E-state index contributed by atoms with van der Waals surface area (Å²) in [7, 11) is 2.01. The molecule has 0 saturated heterocycles. The fourth-order valence-corrected chi connectivity index (χ4v) is 2.46. The SMILES string of the molecule is CNC(Cc1nc(CSC(C)C)no1)C1CC1. The van der Waals surface area contributed by atoms with Crippen molar-refractivity contribution >= 4 is 11.8 Å². The molecule has 4 nitrogen and oxygen atoms in total. The van der Waals surface area contributed by atoms with Gasteiger partial charge in [-0.25, -0.2) is 0 Å². The summed E-state index contributed by atoms with van der Waals surface area (Å²) in [4.78, 5) is 4.44. The molecule has 1 atom stereocenters. The molecule has 0 spiro atoms. The van der Waals surface area contributed by atoms with E-state index in [0.29, 0.717) is 11.3 Å². The largest absolute Gasteiger partial charge is 0.339 e. The maximum absolute atomic E-state index is 5.29. The molecule has 1 unspecified atom stereocenters. The van der Waals surface area contributed by atoms with E-state index >= 15 is 0 Å². The first kappa shape index (κ1) is 12.9. The second kappa shape index (κ2) is 5.87. The summed E-state index contributed by atoms with van der Waals surface area (Å²) < 4.78 is 5.29. The highest BCUT2D eigenvalue weighted by Crippen LogP contribution is 2.33. The van der Waals surface area contributed by atoms with E-state index in [9.17, 15) is 0 Å². The Balaban J connectivity index is 1.84. The van der Waals surface area contributed by atoms with Gasteiger partial charge >= 0.3 is 0 Å².